The lowest BCUT2D eigenvalue weighted by Gasteiger charge is -2.12. The molecule has 0 fully saturated rings. The second kappa shape index (κ2) is 6.88. The molecule has 8 heteroatoms. The van der Waals surface area contributed by atoms with Crippen LogP contribution in [0.25, 0.3) is 11.0 Å². The number of aromatic amines is 1. The number of amides is 1. The minimum atomic E-state index is -0.751. The maximum atomic E-state index is 12.3. The highest BCUT2D eigenvalue weighted by atomic mass is 32.2. The molecule has 3 N–H and O–H groups in total. The highest BCUT2D eigenvalue weighted by Gasteiger charge is 2.26. The van der Waals surface area contributed by atoms with Gasteiger partial charge in [-0.15, -0.1) is 0 Å². The van der Waals surface area contributed by atoms with E-state index in [4.69, 9.17) is 0 Å². The second-order valence-corrected chi connectivity index (χ2v) is 7.39. The first-order valence-corrected chi connectivity index (χ1v) is 9.23. The summed E-state index contributed by atoms with van der Waals surface area (Å²) in [5.74, 6) is -1.46. The summed E-state index contributed by atoms with van der Waals surface area (Å²) in [5, 5.41) is 5.79. The summed E-state index contributed by atoms with van der Waals surface area (Å²) in [7, 11) is 0. The van der Waals surface area contributed by atoms with Crippen molar-refractivity contribution in [3.8, 4) is 0 Å². The quantitative estimate of drug-likeness (QED) is 0.598. The number of nitrogens with zero attached hydrogens (tertiary/aromatic N) is 1. The van der Waals surface area contributed by atoms with Gasteiger partial charge in [0.15, 0.2) is 5.50 Å². The molecule has 0 aliphatic carbocycles. The third-order valence-electron chi connectivity index (χ3n) is 4.18. The molecular formula is C19H16N4O3S. The lowest BCUT2D eigenvalue weighted by molar-refractivity contribution is -0.137. The molecule has 7 nitrogen and oxygen atoms in total. The number of H-pyrrole nitrogens is 1. The van der Waals surface area contributed by atoms with Crippen molar-refractivity contribution in [3.63, 3.8) is 0 Å². The summed E-state index contributed by atoms with van der Waals surface area (Å²) < 4.78 is 0. The van der Waals surface area contributed by atoms with E-state index in [1.54, 1.807) is 24.3 Å². The molecule has 0 unspecified atom stereocenters. The largest absolute Gasteiger partial charge is 0.356 e. The van der Waals surface area contributed by atoms with E-state index in [9.17, 15) is 14.4 Å². The van der Waals surface area contributed by atoms with Crippen molar-refractivity contribution in [2.24, 2.45) is 0 Å². The molecule has 1 amide bonds. The van der Waals surface area contributed by atoms with Crippen LogP contribution in [0.15, 0.2) is 52.2 Å². The van der Waals surface area contributed by atoms with Crippen molar-refractivity contribution < 1.29 is 9.59 Å². The maximum absolute atomic E-state index is 12.3. The van der Waals surface area contributed by atoms with E-state index in [-0.39, 0.29) is 12.1 Å². The number of ketones is 1. The first-order valence-electron chi connectivity index (χ1n) is 8.35. The maximum Gasteiger partial charge on any atom is 0.290 e. The average molecular weight is 380 g/mol. The summed E-state index contributed by atoms with van der Waals surface area (Å²) in [5.41, 5.74) is 2.32. The fraction of sp³-hybridized carbons (Fsp3) is 0.158. The molecule has 27 heavy (non-hydrogen) atoms. The number of nitrogens with one attached hydrogen (secondary N) is 3. The summed E-state index contributed by atoms with van der Waals surface area (Å²) in [6, 6.07) is 12.9. The van der Waals surface area contributed by atoms with Crippen molar-refractivity contribution >= 4 is 40.2 Å². The molecule has 3 aromatic rings. The van der Waals surface area contributed by atoms with Crippen LogP contribution in [0.2, 0.25) is 0 Å². The van der Waals surface area contributed by atoms with E-state index >= 15 is 0 Å². The minimum absolute atomic E-state index is 0.0276. The Balaban J connectivity index is 1.44. The topological polar surface area (TPSA) is 104 Å². The van der Waals surface area contributed by atoms with Crippen LogP contribution >= 0.6 is 11.8 Å². The number of Topliss-reactive ketones (excluding diaryl/α,β-unsaturated/α-hetero) is 1. The smallest absolute Gasteiger partial charge is 0.290 e. The number of aryl methyl sites for hydroxylation is 1. The van der Waals surface area contributed by atoms with E-state index in [2.05, 4.69) is 20.6 Å². The molecule has 0 saturated carbocycles. The number of para-hydroxylation sites is 2. The van der Waals surface area contributed by atoms with Crippen molar-refractivity contribution in [2.75, 3.05) is 5.32 Å². The van der Waals surface area contributed by atoms with Gasteiger partial charge in [0.1, 0.15) is 5.69 Å². The van der Waals surface area contributed by atoms with Gasteiger partial charge in [-0.2, -0.15) is 0 Å². The van der Waals surface area contributed by atoms with Crippen LogP contribution in [-0.2, 0) is 16.0 Å². The normalized spacial score (nSPS) is 15.2. The number of hydrogen-bond acceptors (Lipinski definition) is 6. The fourth-order valence-corrected chi connectivity index (χ4v) is 3.94. The van der Waals surface area contributed by atoms with Crippen LogP contribution in [0.3, 0.4) is 0 Å². The fourth-order valence-electron chi connectivity index (χ4n) is 2.83. The number of carbonyl (C=O) groups excluding carboxylic acids is 2. The van der Waals surface area contributed by atoms with Gasteiger partial charge in [0, 0.05) is 4.90 Å². The minimum Gasteiger partial charge on any atom is -0.356 e. The van der Waals surface area contributed by atoms with Gasteiger partial charge in [-0.05, 0) is 36.8 Å². The number of anilines is 1. The summed E-state index contributed by atoms with van der Waals surface area (Å²) in [6.07, 6.45) is -0.352. The lowest BCUT2D eigenvalue weighted by Crippen LogP contribution is -2.41. The SMILES string of the molecule is Cc1ccc2c(c1)S[C@@H](NC(=O)C(=O)Cc1nc3ccccc3[nH]c1=O)N2. The second-order valence-electron chi connectivity index (χ2n) is 6.25. The third kappa shape index (κ3) is 3.56. The monoisotopic (exact) mass is 380 g/mol. The Kier molecular flexibility index (Phi) is 4.41. The van der Waals surface area contributed by atoms with Gasteiger partial charge in [-0.3, -0.25) is 14.4 Å². The Morgan fingerprint density at radius 3 is 2.89 bits per heavy atom. The molecule has 2 heterocycles. The van der Waals surface area contributed by atoms with Crippen LogP contribution in [-0.4, -0.2) is 27.2 Å². The van der Waals surface area contributed by atoms with Crippen molar-refractivity contribution in [1.82, 2.24) is 15.3 Å². The molecule has 1 atom stereocenters. The molecule has 1 aliphatic heterocycles. The number of carbonyl (C=O) groups is 2. The molecule has 0 saturated heterocycles. The zero-order chi connectivity index (χ0) is 19.0. The first kappa shape index (κ1) is 17.3. The van der Waals surface area contributed by atoms with Crippen molar-refractivity contribution in [2.45, 2.75) is 23.7 Å². The van der Waals surface area contributed by atoms with Gasteiger partial charge in [-0.1, -0.05) is 30.0 Å². The molecule has 4 rings (SSSR count). The molecule has 0 bridgehead atoms. The highest BCUT2D eigenvalue weighted by Crippen LogP contribution is 2.37. The van der Waals surface area contributed by atoms with Gasteiger partial charge in [-0.25, -0.2) is 4.98 Å². The number of aromatic nitrogens is 2. The van der Waals surface area contributed by atoms with Crippen molar-refractivity contribution in [3.05, 3.63) is 64.1 Å². The van der Waals surface area contributed by atoms with E-state index in [1.807, 2.05) is 25.1 Å². The predicted octanol–water partition coefficient (Wildman–Crippen LogP) is 1.96. The zero-order valence-electron chi connectivity index (χ0n) is 14.4. The Labute approximate surface area is 158 Å². The molecule has 2 aromatic carbocycles. The standard InChI is InChI=1S/C19H16N4O3S/c1-10-6-7-13-16(8-10)27-19(22-13)23-18(26)15(24)9-14-17(25)21-12-5-3-2-4-11(12)20-14/h2-8,19,22H,9H2,1H3,(H,21,25)(H,23,26)/t19-/m1/s1. The Hall–Kier alpha value is -3.13. The number of rotatable bonds is 4. The number of fused-ring (bicyclic) bond motifs is 2. The van der Waals surface area contributed by atoms with Gasteiger partial charge < -0.3 is 15.6 Å². The molecule has 0 radical (unpaired) electrons. The molecule has 1 aromatic heterocycles. The van der Waals surface area contributed by atoms with Crippen LogP contribution in [0, 0.1) is 6.92 Å². The number of hydrogen-bond donors (Lipinski definition) is 3. The van der Waals surface area contributed by atoms with Crippen LogP contribution in [0.1, 0.15) is 11.3 Å². The molecule has 136 valence electrons. The first-order chi connectivity index (χ1) is 13.0. The summed E-state index contributed by atoms with van der Waals surface area (Å²) in [6.45, 7) is 1.99. The Morgan fingerprint density at radius 1 is 1.22 bits per heavy atom. The molecule has 1 aliphatic rings. The lowest BCUT2D eigenvalue weighted by atomic mass is 10.2. The summed E-state index contributed by atoms with van der Waals surface area (Å²) in [4.78, 5) is 44.5. The van der Waals surface area contributed by atoms with Gasteiger partial charge >= 0.3 is 0 Å². The van der Waals surface area contributed by atoms with Gasteiger partial charge in [0.25, 0.3) is 11.5 Å². The third-order valence-corrected chi connectivity index (χ3v) is 5.24. The highest BCUT2D eigenvalue weighted by molar-refractivity contribution is 8.00. The number of benzene rings is 2. The number of thioether (sulfide) groups is 1. The van der Waals surface area contributed by atoms with Crippen LogP contribution < -0.4 is 16.2 Å². The van der Waals surface area contributed by atoms with E-state index in [0.717, 1.165) is 16.1 Å². The average Bonchev–Trinajstić information content (AvgIpc) is 3.03. The molecule has 0 spiro atoms. The van der Waals surface area contributed by atoms with E-state index in [1.165, 1.54) is 11.8 Å². The molecular weight excluding hydrogens is 364 g/mol. The van der Waals surface area contributed by atoms with Crippen molar-refractivity contribution in [1.29, 1.82) is 0 Å². The van der Waals surface area contributed by atoms with Crippen LogP contribution in [0.4, 0.5) is 5.69 Å². The Bertz CT molecular complexity index is 1130. The predicted molar refractivity (Wildman–Crippen MR) is 104 cm³/mol. The van der Waals surface area contributed by atoms with E-state index < -0.39 is 22.7 Å². The zero-order valence-corrected chi connectivity index (χ0v) is 15.2. The van der Waals surface area contributed by atoms with E-state index in [0.29, 0.717) is 11.0 Å². The van der Waals surface area contributed by atoms with Gasteiger partial charge in [0.05, 0.1) is 23.1 Å². The van der Waals surface area contributed by atoms with Gasteiger partial charge in [0.2, 0.25) is 5.78 Å². The Morgan fingerprint density at radius 2 is 2.04 bits per heavy atom. The summed E-state index contributed by atoms with van der Waals surface area (Å²) >= 11 is 1.43. The van der Waals surface area contributed by atoms with Crippen LogP contribution in [0.5, 0.6) is 0 Å².